The topological polar surface area (TPSA) is 61.4 Å². The third kappa shape index (κ3) is 3.11. The lowest BCUT2D eigenvalue weighted by molar-refractivity contribution is -0.124. The van der Waals surface area contributed by atoms with Crippen molar-refractivity contribution in [3.8, 4) is 0 Å². The number of amides is 3. The van der Waals surface area contributed by atoms with Crippen LogP contribution in [-0.2, 0) is 4.79 Å². The first kappa shape index (κ1) is 12.2. The van der Waals surface area contributed by atoms with Crippen molar-refractivity contribution in [1.29, 1.82) is 0 Å². The van der Waals surface area contributed by atoms with Gasteiger partial charge < -0.3 is 15.5 Å². The maximum absolute atomic E-state index is 12.0. The van der Waals surface area contributed by atoms with Gasteiger partial charge in [0.2, 0.25) is 5.91 Å². The Bertz CT molecular complexity index is 298. The number of nitrogens with one attached hydrogen (secondary N) is 2. The molecule has 0 radical (unpaired) electrons. The predicted molar refractivity (Wildman–Crippen MR) is 64.5 cm³/mol. The largest absolute Gasteiger partial charge is 0.354 e. The summed E-state index contributed by atoms with van der Waals surface area (Å²) >= 11 is 0. The molecule has 17 heavy (non-hydrogen) atoms. The predicted octanol–water partition coefficient (Wildman–Crippen LogP) is 0.706. The number of hydrogen-bond acceptors (Lipinski definition) is 2. The van der Waals surface area contributed by atoms with E-state index in [4.69, 9.17) is 0 Å². The summed E-state index contributed by atoms with van der Waals surface area (Å²) in [7, 11) is 0. The summed E-state index contributed by atoms with van der Waals surface area (Å²) in [6.45, 7) is 4.55. The lowest BCUT2D eigenvalue weighted by atomic mass is 9.99. The molecule has 0 aromatic carbocycles. The van der Waals surface area contributed by atoms with Gasteiger partial charge in [-0.3, -0.25) is 4.79 Å². The van der Waals surface area contributed by atoms with Gasteiger partial charge in [-0.05, 0) is 31.6 Å². The molecule has 2 aliphatic rings. The lowest BCUT2D eigenvalue weighted by Gasteiger charge is -2.32. The zero-order valence-corrected chi connectivity index (χ0v) is 10.4. The van der Waals surface area contributed by atoms with Gasteiger partial charge in [0.25, 0.3) is 0 Å². The molecule has 2 aliphatic heterocycles. The molecule has 2 N–H and O–H groups in total. The number of carbonyl (C=O) groups is 2. The van der Waals surface area contributed by atoms with Crippen LogP contribution in [0.5, 0.6) is 0 Å². The summed E-state index contributed by atoms with van der Waals surface area (Å²) in [5, 5.41) is 5.60. The molecular formula is C12H21N3O2. The van der Waals surface area contributed by atoms with Crippen molar-refractivity contribution in [2.75, 3.05) is 19.6 Å². The Morgan fingerprint density at radius 2 is 2.06 bits per heavy atom. The smallest absolute Gasteiger partial charge is 0.318 e. The monoisotopic (exact) mass is 239 g/mol. The summed E-state index contributed by atoms with van der Waals surface area (Å²) in [5.41, 5.74) is 0. The van der Waals surface area contributed by atoms with E-state index in [-0.39, 0.29) is 18.0 Å². The number of hydrogen-bond donors (Lipinski definition) is 2. The molecule has 0 aromatic rings. The van der Waals surface area contributed by atoms with Crippen LogP contribution in [0.15, 0.2) is 0 Å². The van der Waals surface area contributed by atoms with Gasteiger partial charge in [-0.25, -0.2) is 4.79 Å². The van der Waals surface area contributed by atoms with Gasteiger partial charge in [0.1, 0.15) is 6.04 Å². The number of carbonyl (C=O) groups excluding carboxylic acids is 2. The molecule has 1 unspecified atom stereocenters. The molecular weight excluding hydrogens is 218 g/mol. The van der Waals surface area contributed by atoms with Crippen LogP contribution in [0, 0.1) is 5.92 Å². The minimum atomic E-state index is -0.337. The van der Waals surface area contributed by atoms with E-state index in [1.165, 1.54) is 0 Å². The second kappa shape index (κ2) is 5.38. The van der Waals surface area contributed by atoms with Crippen molar-refractivity contribution >= 4 is 11.9 Å². The maximum atomic E-state index is 12.0. The molecule has 0 aromatic heterocycles. The van der Waals surface area contributed by atoms with Gasteiger partial charge in [-0.15, -0.1) is 0 Å². The van der Waals surface area contributed by atoms with Crippen LogP contribution >= 0.6 is 0 Å². The number of rotatable bonds is 1. The summed E-state index contributed by atoms with van der Waals surface area (Å²) in [6.07, 6.45) is 3.81. The highest BCUT2D eigenvalue weighted by Gasteiger charge is 2.27. The first-order valence-corrected chi connectivity index (χ1v) is 6.50. The van der Waals surface area contributed by atoms with Gasteiger partial charge in [-0.2, -0.15) is 0 Å². The Balaban J connectivity index is 1.82. The normalized spacial score (nSPS) is 26.5. The number of urea groups is 1. The molecule has 2 saturated heterocycles. The van der Waals surface area contributed by atoms with Crippen LogP contribution < -0.4 is 10.6 Å². The van der Waals surface area contributed by atoms with Gasteiger partial charge in [-0.1, -0.05) is 6.92 Å². The van der Waals surface area contributed by atoms with E-state index in [9.17, 15) is 9.59 Å². The Kier molecular flexibility index (Phi) is 3.86. The fourth-order valence-electron chi connectivity index (χ4n) is 2.36. The summed E-state index contributed by atoms with van der Waals surface area (Å²) in [4.78, 5) is 25.3. The highest BCUT2D eigenvalue weighted by molar-refractivity contribution is 5.87. The molecule has 0 bridgehead atoms. The van der Waals surface area contributed by atoms with E-state index >= 15 is 0 Å². The zero-order chi connectivity index (χ0) is 12.3. The molecule has 5 heteroatoms. The van der Waals surface area contributed by atoms with Crippen molar-refractivity contribution in [1.82, 2.24) is 15.5 Å². The van der Waals surface area contributed by atoms with Gasteiger partial charge in [0, 0.05) is 19.6 Å². The van der Waals surface area contributed by atoms with Crippen LogP contribution in [0.4, 0.5) is 4.79 Å². The van der Waals surface area contributed by atoms with E-state index in [0.29, 0.717) is 5.92 Å². The minimum Gasteiger partial charge on any atom is -0.354 e. The average molecular weight is 239 g/mol. The van der Waals surface area contributed by atoms with Crippen LogP contribution in [-0.4, -0.2) is 42.5 Å². The zero-order valence-electron chi connectivity index (χ0n) is 10.4. The molecule has 0 spiro atoms. The van der Waals surface area contributed by atoms with Crippen molar-refractivity contribution in [2.45, 2.75) is 38.6 Å². The van der Waals surface area contributed by atoms with Gasteiger partial charge in [0.15, 0.2) is 0 Å². The second-order valence-corrected chi connectivity index (χ2v) is 5.10. The van der Waals surface area contributed by atoms with Crippen LogP contribution in [0.2, 0.25) is 0 Å². The highest BCUT2D eigenvalue weighted by Crippen LogP contribution is 2.16. The SMILES string of the molecule is CC1CCN(C(=O)NC2CCCNC2=O)CC1. The van der Waals surface area contributed by atoms with E-state index in [0.717, 1.165) is 45.3 Å². The molecule has 5 nitrogen and oxygen atoms in total. The Labute approximate surface area is 102 Å². The van der Waals surface area contributed by atoms with Gasteiger partial charge in [0.05, 0.1) is 0 Å². The Hall–Kier alpha value is -1.26. The number of piperidine rings is 2. The van der Waals surface area contributed by atoms with E-state index < -0.39 is 0 Å². The second-order valence-electron chi connectivity index (χ2n) is 5.10. The standard InChI is InChI=1S/C12H21N3O2/c1-9-4-7-15(8-5-9)12(17)14-10-3-2-6-13-11(10)16/h9-10H,2-8H2,1H3,(H,13,16)(H,14,17). The lowest BCUT2D eigenvalue weighted by Crippen LogP contribution is -2.54. The molecule has 3 amide bonds. The van der Waals surface area contributed by atoms with E-state index in [2.05, 4.69) is 17.6 Å². The van der Waals surface area contributed by atoms with Crippen molar-refractivity contribution in [3.63, 3.8) is 0 Å². The highest BCUT2D eigenvalue weighted by atomic mass is 16.2. The molecule has 2 rings (SSSR count). The van der Waals surface area contributed by atoms with E-state index in [1.54, 1.807) is 0 Å². The fourth-order valence-corrected chi connectivity index (χ4v) is 2.36. The molecule has 0 saturated carbocycles. The summed E-state index contributed by atoms with van der Waals surface area (Å²) < 4.78 is 0. The molecule has 96 valence electrons. The van der Waals surface area contributed by atoms with Crippen LogP contribution in [0.25, 0.3) is 0 Å². The summed E-state index contributed by atoms with van der Waals surface area (Å²) in [5.74, 6) is 0.659. The van der Waals surface area contributed by atoms with Crippen molar-refractivity contribution in [3.05, 3.63) is 0 Å². The molecule has 1 atom stereocenters. The quantitative estimate of drug-likeness (QED) is 0.708. The van der Waals surface area contributed by atoms with Crippen LogP contribution in [0.1, 0.15) is 32.6 Å². The van der Waals surface area contributed by atoms with Crippen molar-refractivity contribution < 1.29 is 9.59 Å². The first-order valence-electron chi connectivity index (χ1n) is 6.50. The van der Waals surface area contributed by atoms with Crippen molar-refractivity contribution in [2.24, 2.45) is 5.92 Å². The Morgan fingerprint density at radius 1 is 1.35 bits per heavy atom. The number of likely N-dealkylation sites (tertiary alicyclic amines) is 1. The molecule has 0 aliphatic carbocycles. The third-order valence-corrected chi connectivity index (χ3v) is 3.65. The van der Waals surface area contributed by atoms with Crippen LogP contribution in [0.3, 0.4) is 0 Å². The first-order chi connectivity index (χ1) is 8.16. The maximum Gasteiger partial charge on any atom is 0.318 e. The Morgan fingerprint density at radius 3 is 2.71 bits per heavy atom. The number of nitrogens with zero attached hydrogens (tertiary/aromatic N) is 1. The molecule has 2 heterocycles. The van der Waals surface area contributed by atoms with E-state index in [1.807, 2.05) is 4.90 Å². The summed E-state index contributed by atoms with van der Waals surface area (Å²) in [6, 6.07) is -0.422. The fraction of sp³-hybridized carbons (Fsp3) is 0.833. The molecule has 2 fully saturated rings. The van der Waals surface area contributed by atoms with Gasteiger partial charge >= 0.3 is 6.03 Å². The third-order valence-electron chi connectivity index (χ3n) is 3.65. The minimum absolute atomic E-state index is 0.0463. The average Bonchev–Trinajstić information content (AvgIpc) is 2.33.